The highest BCUT2D eigenvalue weighted by atomic mass is 19.5. The van der Waals surface area contributed by atoms with Gasteiger partial charge in [0.15, 0.2) is 0 Å². The molecule has 0 saturated carbocycles. The van der Waals surface area contributed by atoms with Gasteiger partial charge in [-0.1, -0.05) is 36.4 Å². The normalized spacial score (nSPS) is 12.9. The Hall–Kier alpha value is -1.98. The van der Waals surface area contributed by atoms with Gasteiger partial charge in [-0.25, -0.2) is 0 Å². The lowest BCUT2D eigenvalue weighted by Gasteiger charge is -2.29. The van der Waals surface area contributed by atoms with Crippen molar-refractivity contribution in [3.63, 3.8) is 0 Å². The van der Waals surface area contributed by atoms with Crippen molar-refractivity contribution in [2.75, 3.05) is 11.9 Å². The average molecular weight is 282 g/mol. The summed E-state index contributed by atoms with van der Waals surface area (Å²) in [6, 6.07) is 17.2. The molecule has 106 valence electrons. The maximum Gasteiger partial charge on any atom is 0.673 e. The van der Waals surface area contributed by atoms with Crippen molar-refractivity contribution in [2.24, 2.45) is 0 Å². The molecule has 0 spiro atoms. The predicted molar refractivity (Wildman–Crippen MR) is 73.9 cm³/mol. The molecular formula is C14H13BF4N-. The lowest BCUT2D eigenvalue weighted by atomic mass is 9.96. The van der Waals surface area contributed by atoms with Crippen molar-refractivity contribution in [1.82, 2.24) is 0 Å². The van der Waals surface area contributed by atoms with Gasteiger partial charge in [-0.2, -0.15) is 0 Å². The lowest BCUT2D eigenvalue weighted by molar-refractivity contribution is 0.368. The number of hydrogen-bond donors (Lipinski definition) is 0. The molecule has 0 fully saturated rings. The van der Waals surface area contributed by atoms with E-state index in [-0.39, 0.29) is 0 Å². The molecule has 1 aliphatic rings. The first-order chi connectivity index (χ1) is 9.36. The van der Waals surface area contributed by atoms with Crippen LogP contribution in [0.4, 0.5) is 28.6 Å². The Labute approximate surface area is 114 Å². The first-order valence-electron chi connectivity index (χ1n) is 6.13. The van der Waals surface area contributed by atoms with E-state index in [4.69, 9.17) is 0 Å². The molecule has 0 bridgehead atoms. The van der Waals surface area contributed by atoms with Crippen LogP contribution in [0.2, 0.25) is 0 Å². The van der Waals surface area contributed by atoms with E-state index >= 15 is 0 Å². The molecule has 0 aromatic heterocycles. The minimum Gasteiger partial charge on any atom is -0.418 e. The van der Waals surface area contributed by atoms with Gasteiger partial charge in [0.25, 0.3) is 0 Å². The third kappa shape index (κ3) is 3.53. The summed E-state index contributed by atoms with van der Waals surface area (Å²) >= 11 is 0. The molecule has 0 saturated heterocycles. The molecule has 1 heterocycles. The average Bonchev–Trinajstić information content (AvgIpc) is 2.37. The minimum absolute atomic E-state index is 1.05. The van der Waals surface area contributed by atoms with E-state index in [0.717, 1.165) is 6.42 Å². The number of benzene rings is 2. The number of halogens is 4. The fourth-order valence-electron chi connectivity index (χ4n) is 2.31. The molecule has 0 aliphatic carbocycles. The monoisotopic (exact) mass is 282 g/mol. The van der Waals surface area contributed by atoms with Crippen LogP contribution in [0.3, 0.4) is 0 Å². The topological polar surface area (TPSA) is 3.24 Å². The van der Waals surface area contributed by atoms with Crippen LogP contribution in [0.5, 0.6) is 0 Å². The summed E-state index contributed by atoms with van der Waals surface area (Å²) in [6.45, 7) is 0. The number of rotatable bonds is 0. The largest absolute Gasteiger partial charge is 0.673 e. The van der Waals surface area contributed by atoms with Crippen LogP contribution in [0.1, 0.15) is 11.1 Å². The molecule has 3 rings (SSSR count). The number of fused-ring (bicyclic) bond motifs is 2. The first-order valence-corrected chi connectivity index (χ1v) is 6.13. The third-order valence-corrected chi connectivity index (χ3v) is 3.09. The van der Waals surface area contributed by atoms with Gasteiger partial charge in [0, 0.05) is 24.8 Å². The third-order valence-electron chi connectivity index (χ3n) is 3.09. The predicted octanol–water partition coefficient (Wildman–Crippen LogP) is 4.66. The van der Waals surface area contributed by atoms with Crippen LogP contribution in [0.15, 0.2) is 48.5 Å². The quantitative estimate of drug-likeness (QED) is 0.502. The Morgan fingerprint density at radius 1 is 0.800 bits per heavy atom. The van der Waals surface area contributed by atoms with E-state index < -0.39 is 7.25 Å². The molecule has 6 heteroatoms. The Kier molecular flexibility index (Phi) is 4.02. The van der Waals surface area contributed by atoms with Crippen LogP contribution in [0, 0.1) is 0 Å². The highest BCUT2D eigenvalue weighted by Gasteiger charge is 2.20. The van der Waals surface area contributed by atoms with Gasteiger partial charge in [0.05, 0.1) is 0 Å². The maximum atomic E-state index is 9.75. The molecule has 2 aromatic rings. The van der Waals surface area contributed by atoms with Gasteiger partial charge in [0.2, 0.25) is 0 Å². The molecular weight excluding hydrogens is 269 g/mol. The Bertz CT molecular complexity index is 546. The van der Waals surface area contributed by atoms with Crippen molar-refractivity contribution < 1.29 is 17.3 Å². The van der Waals surface area contributed by atoms with Crippen molar-refractivity contribution in [3.8, 4) is 0 Å². The van der Waals surface area contributed by atoms with Gasteiger partial charge in [-0.3, -0.25) is 0 Å². The first kappa shape index (κ1) is 14.4. The number of hydrogen-bond acceptors (Lipinski definition) is 1. The zero-order valence-corrected chi connectivity index (χ0v) is 10.9. The fourth-order valence-corrected chi connectivity index (χ4v) is 2.31. The molecule has 0 unspecified atom stereocenters. The van der Waals surface area contributed by atoms with Gasteiger partial charge in [0.1, 0.15) is 0 Å². The van der Waals surface area contributed by atoms with E-state index in [1.807, 2.05) is 0 Å². The zero-order chi connectivity index (χ0) is 14.8. The Balaban J connectivity index is 0.000000257. The summed E-state index contributed by atoms with van der Waals surface area (Å²) in [5.74, 6) is 0. The molecule has 1 nitrogen and oxygen atoms in total. The van der Waals surface area contributed by atoms with Gasteiger partial charge >= 0.3 is 7.25 Å². The van der Waals surface area contributed by atoms with Gasteiger partial charge in [-0.05, 0) is 23.3 Å². The lowest BCUT2D eigenvalue weighted by Crippen LogP contribution is -2.18. The van der Waals surface area contributed by atoms with E-state index in [1.54, 1.807) is 0 Å². The summed E-state index contributed by atoms with van der Waals surface area (Å²) in [7, 11) is -3.86. The van der Waals surface area contributed by atoms with Gasteiger partial charge in [-0.15, -0.1) is 0 Å². The molecule has 0 N–H and O–H groups in total. The van der Waals surface area contributed by atoms with Crippen molar-refractivity contribution in [3.05, 3.63) is 59.7 Å². The van der Waals surface area contributed by atoms with E-state index in [9.17, 15) is 17.3 Å². The van der Waals surface area contributed by atoms with Crippen LogP contribution in [-0.2, 0) is 6.42 Å². The minimum atomic E-state index is -6.00. The molecule has 1 aliphatic heterocycles. The SMILES string of the molecule is CN1c2ccccc2Cc2ccccc21.F[B-](F)(F)F. The number of anilines is 2. The summed E-state index contributed by atoms with van der Waals surface area (Å²) in [6.07, 6.45) is 1.05. The van der Waals surface area contributed by atoms with Crippen molar-refractivity contribution in [1.29, 1.82) is 0 Å². The highest BCUT2D eigenvalue weighted by Crippen LogP contribution is 2.36. The van der Waals surface area contributed by atoms with Crippen molar-refractivity contribution in [2.45, 2.75) is 6.42 Å². The second-order valence-electron chi connectivity index (χ2n) is 4.49. The van der Waals surface area contributed by atoms with Gasteiger partial charge < -0.3 is 22.2 Å². The fraction of sp³-hybridized carbons (Fsp3) is 0.143. The van der Waals surface area contributed by atoms with Crippen LogP contribution in [0.25, 0.3) is 0 Å². The van der Waals surface area contributed by atoms with Crippen LogP contribution >= 0.6 is 0 Å². The molecule has 0 radical (unpaired) electrons. The standard InChI is InChI=1S/C14H13N.BF4/c1-15-13-8-4-2-6-11(13)10-12-7-3-5-9-14(12)15;2-1(3,4)5/h2-9H,10H2,1H3;/q;-1. The molecule has 0 atom stereocenters. The smallest absolute Gasteiger partial charge is 0.418 e. The van der Waals surface area contributed by atoms with Crippen LogP contribution < -0.4 is 4.90 Å². The van der Waals surface area contributed by atoms with E-state index in [0.29, 0.717) is 0 Å². The molecule has 20 heavy (non-hydrogen) atoms. The summed E-state index contributed by atoms with van der Waals surface area (Å²) in [5.41, 5.74) is 5.49. The number of para-hydroxylation sites is 2. The number of nitrogens with zero attached hydrogens (tertiary/aromatic N) is 1. The van der Waals surface area contributed by atoms with E-state index in [1.165, 1.54) is 22.5 Å². The maximum absolute atomic E-state index is 9.75. The Morgan fingerprint density at radius 3 is 1.55 bits per heavy atom. The molecule has 2 aromatic carbocycles. The summed E-state index contributed by atoms with van der Waals surface area (Å²) < 4.78 is 39.0. The molecule has 0 amide bonds. The van der Waals surface area contributed by atoms with Crippen molar-refractivity contribution >= 4 is 18.6 Å². The van der Waals surface area contributed by atoms with E-state index in [2.05, 4.69) is 60.5 Å². The van der Waals surface area contributed by atoms with Crippen LogP contribution in [-0.4, -0.2) is 14.3 Å². The summed E-state index contributed by atoms with van der Waals surface area (Å²) in [4.78, 5) is 2.27. The zero-order valence-electron chi connectivity index (χ0n) is 10.9. The second-order valence-corrected chi connectivity index (χ2v) is 4.49. The Morgan fingerprint density at radius 2 is 1.15 bits per heavy atom. The highest BCUT2D eigenvalue weighted by molar-refractivity contribution is 6.50. The second kappa shape index (κ2) is 5.57. The summed E-state index contributed by atoms with van der Waals surface area (Å²) in [5, 5.41) is 0.